The van der Waals surface area contributed by atoms with Crippen molar-refractivity contribution in [3.05, 3.63) is 71.8 Å². The zero-order valence-electron chi connectivity index (χ0n) is 22.3. The Morgan fingerprint density at radius 3 is 2.30 bits per heavy atom. The number of likely N-dealkylation sites (N-methyl/N-ethyl adjacent to an activating group) is 1. The minimum Gasteiger partial charge on any atom is -0.390 e. The van der Waals surface area contributed by atoms with E-state index < -0.39 is 0 Å². The number of hydrogen-bond acceptors (Lipinski definition) is 5. The second kappa shape index (κ2) is 9.17. The van der Waals surface area contributed by atoms with Gasteiger partial charge in [-0.05, 0) is 69.2 Å². The molecule has 0 radical (unpaired) electrons. The lowest BCUT2D eigenvalue weighted by molar-refractivity contribution is -0.275. The molecule has 7 rings (SSSR count). The van der Waals surface area contributed by atoms with E-state index in [-0.39, 0.29) is 29.3 Å². The molecule has 5 aliphatic rings. The molecular weight excluding hydrogens is 460 g/mol. The Morgan fingerprint density at radius 1 is 0.973 bits per heavy atom. The van der Waals surface area contributed by atoms with Crippen molar-refractivity contribution in [3.63, 3.8) is 0 Å². The van der Waals surface area contributed by atoms with Crippen LogP contribution in [0, 0.1) is 17.3 Å². The van der Waals surface area contributed by atoms with E-state index in [1.807, 2.05) is 7.11 Å². The van der Waals surface area contributed by atoms with Crippen LogP contribution < -0.4 is 0 Å². The third kappa shape index (κ3) is 3.47. The van der Waals surface area contributed by atoms with Gasteiger partial charge in [-0.1, -0.05) is 60.7 Å². The van der Waals surface area contributed by atoms with Crippen LogP contribution in [0.5, 0.6) is 0 Å². The fourth-order valence-corrected chi connectivity index (χ4v) is 9.83. The number of methoxy groups -OCH3 is 1. The molecule has 3 aliphatic carbocycles. The summed E-state index contributed by atoms with van der Waals surface area (Å²) in [5.41, 5.74) is 2.46. The first-order valence-corrected chi connectivity index (χ1v) is 14.5. The van der Waals surface area contributed by atoms with Gasteiger partial charge in [-0.3, -0.25) is 4.90 Å². The second-order valence-corrected chi connectivity index (χ2v) is 12.6. The van der Waals surface area contributed by atoms with E-state index in [1.54, 1.807) is 0 Å². The normalized spacial score (nSPS) is 42.5. The van der Waals surface area contributed by atoms with Gasteiger partial charge in [-0.15, -0.1) is 0 Å². The monoisotopic (exact) mass is 502 g/mol. The molecule has 2 aliphatic heterocycles. The van der Waals surface area contributed by atoms with Crippen LogP contribution in [0.3, 0.4) is 0 Å². The number of hydrogen-bond donors (Lipinski definition) is 1. The fourth-order valence-electron chi connectivity index (χ4n) is 9.83. The van der Waals surface area contributed by atoms with Gasteiger partial charge >= 0.3 is 0 Å². The maximum Gasteiger partial charge on any atom is 0.0919 e. The Hall–Kier alpha value is -1.76. The SMILES string of the molecule is CO[C@]12CC[C@@H](N(Cc3ccccc3)Cc3ccccc3)[C@@H]3OC4C(O)CCC5CC1N(C)CC[C@]32C54. The predicted octanol–water partition coefficient (Wildman–Crippen LogP) is 4.49. The molecule has 2 saturated heterocycles. The van der Waals surface area contributed by atoms with Crippen molar-refractivity contribution in [2.75, 3.05) is 20.7 Å². The van der Waals surface area contributed by atoms with Crippen LogP contribution in [-0.2, 0) is 22.6 Å². The molecule has 5 fully saturated rings. The summed E-state index contributed by atoms with van der Waals surface area (Å²) in [6.07, 6.45) is 6.06. The van der Waals surface area contributed by atoms with E-state index in [0.717, 1.165) is 51.7 Å². The minimum absolute atomic E-state index is 0.0392. The van der Waals surface area contributed by atoms with Gasteiger partial charge in [-0.25, -0.2) is 0 Å². The Bertz CT molecular complexity index is 1060. The average Bonchev–Trinajstić information content (AvgIpc) is 3.28. The van der Waals surface area contributed by atoms with Gasteiger partial charge in [0.25, 0.3) is 0 Å². The molecule has 37 heavy (non-hydrogen) atoms. The molecule has 3 saturated carbocycles. The van der Waals surface area contributed by atoms with Crippen LogP contribution in [0.2, 0.25) is 0 Å². The molecule has 5 heteroatoms. The molecule has 5 nitrogen and oxygen atoms in total. The summed E-state index contributed by atoms with van der Waals surface area (Å²) in [5, 5.41) is 11.3. The molecule has 0 amide bonds. The summed E-state index contributed by atoms with van der Waals surface area (Å²) in [7, 11) is 4.27. The summed E-state index contributed by atoms with van der Waals surface area (Å²) in [4.78, 5) is 5.27. The molecular formula is C32H42N2O3. The number of aliphatic hydroxyl groups is 1. The van der Waals surface area contributed by atoms with Crippen molar-refractivity contribution in [2.45, 2.75) is 87.6 Å². The van der Waals surface area contributed by atoms with Crippen molar-refractivity contribution in [1.29, 1.82) is 0 Å². The van der Waals surface area contributed by atoms with Crippen molar-refractivity contribution in [2.24, 2.45) is 17.3 Å². The minimum atomic E-state index is -0.357. The fraction of sp³-hybridized carbons (Fsp3) is 0.625. The van der Waals surface area contributed by atoms with Crippen LogP contribution in [0.1, 0.15) is 49.7 Å². The van der Waals surface area contributed by atoms with Gasteiger partial charge in [0.05, 0.1) is 23.9 Å². The highest BCUT2D eigenvalue weighted by atomic mass is 16.5. The second-order valence-electron chi connectivity index (χ2n) is 12.6. The van der Waals surface area contributed by atoms with E-state index in [2.05, 4.69) is 77.5 Å². The molecule has 9 atom stereocenters. The summed E-state index contributed by atoms with van der Waals surface area (Å²) < 4.78 is 13.9. The Balaban J connectivity index is 1.32. The van der Waals surface area contributed by atoms with Crippen molar-refractivity contribution < 1.29 is 14.6 Å². The lowest BCUT2D eigenvalue weighted by Crippen LogP contribution is -2.78. The van der Waals surface area contributed by atoms with Crippen molar-refractivity contribution in [3.8, 4) is 0 Å². The Morgan fingerprint density at radius 2 is 1.65 bits per heavy atom. The Labute approximate surface area is 221 Å². The molecule has 0 aromatic heterocycles. The quantitative estimate of drug-likeness (QED) is 0.631. The number of piperidine rings is 1. The largest absolute Gasteiger partial charge is 0.390 e. The van der Waals surface area contributed by atoms with E-state index in [0.29, 0.717) is 23.9 Å². The first-order valence-electron chi connectivity index (χ1n) is 14.5. The average molecular weight is 503 g/mol. The van der Waals surface area contributed by atoms with Crippen LogP contribution in [-0.4, -0.2) is 71.6 Å². The van der Waals surface area contributed by atoms with Crippen LogP contribution in [0.4, 0.5) is 0 Å². The number of ether oxygens (including phenoxy) is 2. The van der Waals surface area contributed by atoms with Crippen molar-refractivity contribution in [1.82, 2.24) is 9.80 Å². The van der Waals surface area contributed by atoms with Gasteiger partial charge in [0.2, 0.25) is 0 Å². The molecule has 2 bridgehead atoms. The summed E-state index contributed by atoms with van der Waals surface area (Å²) in [6, 6.07) is 22.5. The standard InChI is InChI=1S/C32H42N2O3/c1-33-18-17-31-28-24-13-14-26(35)29(28)37-30(31)25(15-16-32(31,36-2)27(33)19-24)34(20-22-9-5-3-6-10-22)21-23-11-7-4-8-12-23/h3-12,24-30,35H,13-21H2,1-2H3/t24?,25-,26?,27?,28?,29?,30+,31+,32-/m1/s1. The maximum absolute atomic E-state index is 11.3. The van der Waals surface area contributed by atoms with Gasteiger partial charge in [0, 0.05) is 43.6 Å². The predicted molar refractivity (Wildman–Crippen MR) is 144 cm³/mol. The van der Waals surface area contributed by atoms with Crippen LogP contribution in [0.25, 0.3) is 0 Å². The first kappa shape index (κ1) is 24.3. The summed E-state index contributed by atoms with van der Waals surface area (Å²) >= 11 is 0. The molecule has 2 heterocycles. The zero-order valence-corrected chi connectivity index (χ0v) is 22.3. The third-order valence-electron chi connectivity index (χ3n) is 11.2. The van der Waals surface area contributed by atoms with Crippen LogP contribution >= 0.6 is 0 Å². The van der Waals surface area contributed by atoms with Crippen molar-refractivity contribution >= 4 is 0 Å². The lowest BCUT2D eigenvalue weighted by atomic mass is 9.42. The molecule has 1 spiro atoms. The lowest BCUT2D eigenvalue weighted by Gasteiger charge is -2.70. The molecule has 1 N–H and O–H groups in total. The number of aliphatic hydroxyl groups excluding tert-OH is 1. The van der Waals surface area contributed by atoms with Gasteiger partial charge in [-0.2, -0.15) is 0 Å². The van der Waals surface area contributed by atoms with E-state index in [1.165, 1.54) is 17.5 Å². The number of likely N-dealkylation sites (tertiary alicyclic amines) is 1. The molecule has 2 aromatic carbocycles. The number of rotatable bonds is 6. The van der Waals surface area contributed by atoms with E-state index in [4.69, 9.17) is 9.47 Å². The smallest absolute Gasteiger partial charge is 0.0919 e. The highest BCUT2D eigenvalue weighted by Gasteiger charge is 2.78. The Kier molecular flexibility index (Phi) is 6.02. The summed E-state index contributed by atoms with van der Waals surface area (Å²) in [5.74, 6) is 1.01. The third-order valence-corrected chi connectivity index (χ3v) is 11.2. The van der Waals surface area contributed by atoms with E-state index in [9.17, 15) is 5.11 Å². The molecule has 2 aromatic rings. The van der Waals surface area contributed by atoms with Gasteiger partial charge in [0.15, 0.2) is 0 Å². The van der Waals surface area contributed by atoms with Gasteiger partial charge in [0.1, 0.15) is 0 Å². The summed E-state index contributed by atoms with van der Waals surface area (Å²) in [6.45, 7) is 2.90. The number of benzene rings is 2. The maximum atomic E-state index is 11.3. The highest BCUT2D eigenvalue weighted by molar-refractivity contribution is 5.29. The zero-order chi connectivity index (χ0) is 25.2. The highest BCUT2D eigenvalue weighted by Crippen LogP contribution is 2.70. The van der Waals surface area contributed by atoms with E-state index >= 15 is 0 Å². The van der Waals surface area contributed by atoms with Crippen LogP contribution in [0.15, 0.2) is 60.7 Å². The molecule has 198 valence electrons. The van der Waals surface area contributed by atoms with Gasteiger partial charge < -0.3 is 19.5 Å². The first-order chi connectivity index (χ1) is 18.1. The number of nitrogens with zero attached hydrogens (tertiary/aromatic N) is 2. The topological polar surface area (TPSA) is 45.2 Å². The molecule has 5 unspecified atom stereocenters.